The molecule has 3 N–H and O–H groups in total. The quantitative estimate of drug-likeness (QED) is 0.666. The van der Waals surface area contributed by atoms with Gasteiger partial charge in [-0.2, -0.15) is 0 Å². The Morgan fingerprint density at radius 3 is 2.50 bits per heavy atom. The number of para-hydroxylation sites is 1. The fraction of sp³-hybridized carbons (Fsp3) is 0.273. The molecule has 6 nitrogen and oxygen atoms in total. The van der Waals surface area contributed by atoms with Gasteiger partial charge < -0.3 is 20.5 Å². The molecule has 0 aliphatic rings. The van der Waals surface area contributed by atoms with Gasteiger partial charge in [-0.15, -0.1) is 0 Å². The molecule has 0 saturated carbocycles. The first-order valence-corrected chi connectivity index (χ1v) is 9.23. The van der Waals surface area contributed by atoms with E-state index in [9.17, 15) is 9.59 Å². The molecule has 2 aromatic carbocycles. The van der Waals surface area contributed by atoms with Gasteiger partial charge in [0.25, 0.3) is 5.91 Å². The van der Waals surface area contributed by atoms with Gasteiger partial charge >= 0.3 is 0 Å². The van der Waals surface area contributed by atoms with Gasteiger partial charge in [-0.1, -0.05) is 18.2 Å². The van der Waals surface area contributed by atoms with Crippen LogP contribution in [0.15, 0.2) is 48.5 Å². The van der Waals surface area contributed by atoms with E-state index >= 15 is 0 Å². The molecular formula is C22H26N4O2. The highest BCUT2D eigenvalue weighted by molar-refractivity contribution is 5.95. The van der Waals surface area contributed by atoms with Crippen molar-refractivity contribution in [2.45, 2.75) is 26.4 Å². The van der Waals surface area contributed by atoms with Crippen LogP contribution in [0, 0.1) is 0 Å². The van der Waals surface area contributed by atoms with Crippen molar-refractivity contribution in [3.63, 3.8) is 0 Å². The van der Waals surface area contributed by atoms with Crippen LogP contribution in [0.2, 0.25) is 0 Å². The highest BCUT2D eigenvalue weighted by atomic mass is 16.2. The Labute approximate surface area is 164 Å². The minimum absolute atomic E-state index is 0.0549. The van der Waals surface area contributed by atoms with Crippen molar-refractivity contribution in [1.29, 1.82) is 0 Å². The number of carbonyl (C=O) groups is 2. The molecule has 2 amide bonds. The van der Waals surface area contributed by atoms with Crippen molar-refractivity contribution < 1.29 is 9.59 Å². The second-order valence-electron chi connectivity index (χ2n) is 7.19. The molecule has 0 fully saturated rings. The maximum atomic E-state index is 13.0. The number of nitrogens with one attached hydrogen (secondary N) is 1. The van der Waals surface area contributed by atoms with Gasteiger partial charge in [0.1, 0.15) is 0 Å². The fourth-order valence-corrected chi connectivity index (χ4v) is 3.15. The third-order valence-electron chi connectivity index (χ3n) is 5.24. The first-order chi connectivity index (χ1) is 13.3. The minimum atomic E-state index is -0.124. The number of nitrogens with zero attached hydrogens (tertiary/aromatic N) is 2. The van der Waals surface area contributed by atoms with Crippen LogP contribution in [0.3, 0.4) is 0 Å². The number of hydrogen-bond donors (Lipinski definition) is 2. The highest BCUT2D eigenvalue weighted by Crippen LogP contribution is 2.25. The molecule has 0 aliphatic heterocycles. The van der Waals surface area contributed by atoms with Crippen molar-refractivity contribution in [1.82, 2.24) is 14.8 Å². The third kappa shape index (κ3) is 3.86. The van der Waals surface area contributed by atoms with Crippen LogP contribution in [0.25, 0.3) is 10.9 Å². The normalized spacial score (nSPS) is 12.0. The Balaban J connectivity index is 1.83. The molecule has 1 aromatic heterocycles. The maximum absolute atomic E-state index is 13.0. The molecular weight excluding hydrogens is 352 g/mol. The lowest BCUT2D eigenvalue weighted by molar-refractivity contribution is -0.128. The number of H-pyrrole nitrogens is 1. The molecule has 1 unspecified atom stereocenters. The lowest BCUT2D eigenvalue weighted by Gasteiger charge is -2.25. The summed E-state index contributed by atoms with van der Waals surface area (Å²) in [6.07, 6.45) is 0. The van der Waals surface area contributed by atoms with E-state index in [4.69, 9.17) is 5.73 Å². The van der Waals surface area contributed by atoms with Crippen LogP contribution in [0.5, 0.6) is 0 Å². The predicted octanol–water partition coefficient (Wildman–Crippen LogP) is 3.56. The molecule has 3 rings (SSSR count). The summed E-state index contributed by atoms with van der Waals surface area (Å²) in [5.74, 6) is -0.154. The number of aromatic amines is 1. The molecule has 0 saturated heterocycles. The summed E-state index contributed by atoms with van der Waals surface area (Å²) in [6.45, 7) is 3.86. The molecule has 0 spiro atoms. The zero-order chi connectivity index (χ0) is 20.4. The molecule has 0 aliphatic carbocycles. The number of fused-ring (bicyclic) bond motifs is 1. The summed E-state index contributed by atoms with van der Waals surface area (Å²) < 4.78 is 0. The van der Waals surface area contributed by atoms with Gasteiger partial charge in [0.05, 0.1) is 6.04 Å². The second-order valence-corrected chi connectivity index (χ2v) is 7.19. The van der Waals surface area contributed by atoms with Gasteiger partial charge in [-0.3, -0.25) is 9.59 Å². The Hall–Kier alpha value is -3.28. The van der Waals surface area contributed by atoms with Crippen LogP contribution in [0.4, 0.5) is 5.69 Å². The lowest BCUT2D eigenvalue weighted by Crippen LogP contribution is -2.30. The van der Waals surface area contributed by atoms with Crippen LogP contribution < -0.4 is 5.73 Å². The standard InChI is InChI=1S/C22H26N4O2/c1-14(21-12-16-7-5-6-8-20(16)24-21)26(4)22(28)17-9-10-19(23)18(11-17)13-25(3)15(2)27/h5-12,14,24H,13,23H2,1-4H3. The van der Waals surface area contributed by atoms with Gasteiger partial charge in [-0.05, 0) is 48.2 Å². The summed E-state index contributed by atoms with van der Waals surface area (Å²) in [7, 11) is 3.50. The molecule has 146 valence electrons. The SMILES string of the molecule is CC(=O)N(C)Cc1cc(C(=O)N(C)C(C)c2cc3ccccc3[nH]2)ccc1N. The number of benzene rings is 2. The topological polar surface area (TPSA) is 82.4 Å². The zero-order valence-electron chi connectivity index (χ0n) is 16.7. The van der Waals surface area contributed by atoms with Crippen molar-refractivity contribution in [2.75, 3.05) is 19.8 Å². The summed E-state index contributed by atoms with van der Waals surface area (Å²) in [4.78, 5) is 31.2. The van der Waals surface area contributed by atoms with Crippen LogP contribution in [-0.4, -0.2) is 40.7 Å². The number of aromatic nitrogens is 1. The number of hydrogen-bond acceptors (Lipinski definition) is 3. The number of anilines is 1. The largest absolute Gasteiger partial charge is 0.398 e. The van der Waals surface area contributed by atoms with E-state index in [0.29, 0.717) is 17.8 Å². The summed E-state index contributed by atoms with van der Waals surface area (Å²) in [5.41, 5.74) is 9.94. The van der Waals surface area contributed by atoms with Gasteiger partial charge in [0.15, 0.2) is 0 Å². The van der Waals surface area contributed by atoms with E-state index in [1.807, 2.05) is 31.2 Å². The van der Waals surface area contributed by atoms with E-state index in [0.717, 1.165) is 22.2 Å². The summed E-state index contributed by atoms with van der Waals surface area (Å²) in [5, 5.41) is 1.12. The Morgan fingerprint density at radius 1 is 1.11 bits per heavy atom. The van der Waals surface area contributed by atoms with Crippen molar-refractivity contribution in [3.05, 3.63) is 65.4 Å². The van der Waals surface area contributed by atoms with Crippen LogP contribution >= 0.6 is 0 Å². The molecule has 28 heavy (non-hydrogen) atoms. The molecule has 6 heteroatoms. The summed E-state index contributed by atoms with van der Waals surface area (Å²) >= 11 is 0. The van der Waals surface area contributed by atoms with Crippen molar-refractivity contribution in [2.24, 2.45) is 0 Å². The van der Waals surface area contributed by atoms with Gasteiger partial charge in [-0.25, -0.2) is 0 Å². The molecule has 0 bridgehead atoms. The van der Waals surface area contributed by atoms with E-state index in [1.54, 1.807) is 42.1 Å². The second kappa shape index (κ2) is 7.76. The summed E-state index contributed by atoms with van der Waals surface area (Å²) in [6, 6.07) is 15.2. The zero-order valence-corrected chi connectivity index (χ0v) is 16.7. The Morgan fingerprint density at radius 2 is 1.82 bits per heavy atom. The van der Waals surface area contributed by atoms with Crippen molar-refractivity contribution >= 4 is 28.4 Å². The average molecular weight is 378 g/mol. The first kappa shape index (κ1) is 19.5. The smallest absolute Gasteiger partial charge is 0.254 e. The number of nitrogen functional groups attached to an aromatic ring is 1. The fourth-order valence-electron chi connectivity index (χ4n) is 3.15. The van der Waals surface area contributed by atoms with E-state index in [2.05, 4.69) is 11.1 Å². The third-order valence-corrected chi connectivity index (χ3v) is 5.24. The average Bonchev–Trinajstić information content (AvgIpc) is 3.12. The van der Waals surface area contributed by atoms with E-state index in [1.165, 1.54) is 6.92 Å². The van der Waals surface area contributed by atoms with Crippen LogP contribution in [0.1, 0.15) is 41.5 Å². The Bertz CT molecular complexity index is 991. The number of nitrogens with two attached hydrogens (primary N) is 1. The molecule has 3 aromatic rings. The van der Waals surface area contributed by atoms with E-state index in [-0.39, 0.29) is 17.9 Å². The number of carbonyl (C=O) groups excluding carboxylic acids is 2. The molecule has 1 atom stereocenters. The number of amides is 2. The predicted molar refractivity (Wildman–Crippen MR) is 112 cm³/mol. The van der Waals surface area contributed by atoms with E-state index < -0.39 is 0 Å². The van der Waals surface area contributed by atoms with Crippen molar-refractivity contribution in [3.8, 4) is 0 Å². The highest BCUT2D eigenvalue weighted by Gasteiger charge is 2.21. The number of rotatable bonds is 5. The molecule has 0 radical (unpaired) electrons. The first-order valence-electron chi connectivity index (χ1n) is 9.23. The lowest BCUT2D eigenvalue weighted by atomic mass is 10.1. The van der Waals surface area contributed by atoms with Gasteiger partial charge in [0, 0.05) is 50.0 Å². The Kier molecular flexibility index (Phi) is 5.40. The maximum Gasteiger partial charge on any atom is 0.254 e. The van der Waals surface area contributed by atoms with Crippen LogP contribution in [-0.2, 0) is 11.3 Å². The molecule has 1 heterocycles. The van der Waals surface area contributed by atoms with Gasteiger partial charge in [0.2, 0.25) is 5.91 Å². The monoisotopic (exact) mass is 378 g/mol. The minimum Gasteiger partial charge on any atom is -0.398 e.